The highest BCUT2D eigenvalue weighted by atomic mass is 14.9. The van der Waals surface area contributed by atoms with Crippen molar-refractivity contribution in [2.75, 3.05) is 6.54 Å². The summed E-state index contributed by atoms with van der Waals surface area (Å²) in [6, 6.07) is 0.760. The number of hydrogen-bond acceptors (Lipinski definition) is 2. The molecular weight excluding hydrogens is 186 g/mol. The fraction of sp³-hybridized carbons (Fsp3) is 0.750. The third kappa shape index (κ3) is 3.67. The summed E-state index contributed by atoms with van der Waals surface area (Å²) in [7, 11) is 0. The van der Waals surface area contributed by atoms with Crippen molar-refractivity contribution in [2.24, 2.45) is 0 Å². The van der Waals surface area contributed by atoms with E-state index < -0.39 is 0 Å². The van der Waals surface area contributed by atoms with Gasteiger partial charge in [0.25, 0.3) is 0 Å². The van der Waals surface area contributed by atoms with Gasteiger partial charge in [0.2, 0.25) is 0 Å². The molecule has 1 heterocycles. The molecule has 0 spiro atoms. The van der Waals surface area contributed by atoms with E-state index >= 15 is 0 Å². The summed E-state index contributed by atoms with van der Waals surface area (Å²) < 4.78 is 0. The number of imidazole rings is 1. The van der Waals surface area contributed by atoms with Gasteiger partial charge in [0.05, 0.1) is 6.33 Å². The van der Waals surface area contributed by atoms with E-state index in [2.05, 4.69) is 15.3 Å². The van der Waals surface area contributed by atoms with Crippen LogP contribution in [0.2, 0.25) is 0 Å². The molecule has 3 heteroatoms. The molecule has 15 heavy (non-hydrogen) atoms. The van der Waals surface area contributed by atoms with E-state index in [0.29, 0.717) is 0 Å². The van der Waals surface area contributed by atoms with Crippen molar-refractivity contribution in [3.05, 3.63) is 18.2 Å². The highest BCUT2D eigenvalue weighted by Crippen LogP contribution is 2.16. The Hall–Kier alpha value is -0.830. The maximum atomic E-state index is 4.02. The highest BCUT2D eigenvalue weighted by molar-refractivity contribution is 4.94. The summed E-state index contributed by atoms with van der Waals surface area (Å²) >= 11 is 0. The van der Waals surface area contributed by atoms with Gasteiger partial charge in [-0.3, -0.25) is 0 Å². The van der Waals surface area contributed by atoms with E-state index in [1.165, 1.54) is 44.2 Å². The minimum absolute atomic E-state index is 0.760. The molecule has 1 fully saturated rings. The van der Waals surface area contributed by atoms with Crippen LogP contribution in [0.5, 0.6) is 0 Å². The SMILES string of the molecule is c1ncc(CCNC2CCCCCC2)[nH]1. The summed E-state index contributed by atoms with van der Waals surface area (Å²) in [6.45, 7) is 1.08. The molecule has 0 atom stereocenters. The van der Waals surface area contributed by atoms with Crippen LogP contribution in [0, 0.1) is 0 Å². The van der Waals surface area contributed by atoms with Crippen molar-refractivity contribution >= 4 is 0 Å². The lowest BCUT2D eigenvalue weighted by molar-refractivity contribution is 0.462. The molecule has 1 aromatic heterocycles. The van der Waals surface area contributed by atoms with Crippen LogP contribution in [0.4, 0.5) is 0 Å². The molecule has 2 N–H and O–H groups in total. The maximum absolute atomic E-state index is 4.02. The van der Waals surface area contributed by atoms with E-state index in [4.69, 9.17) is 0 Å². The molecule has 1 aliphatic carbocycles. The van der Waals surface area contributed by atoms with E-state index in [-0.39, 0.29) is 0 Å². The lowest BCUT2D eigenvalue weighted by atomic mass is 10.1. The Labute approximate surface area is 91.7 Å². The third-order valence-corrected chi connectivity index (χ3v) is 3.24. The molecule has 0 radical (unpaired) electrons. The second-order valence-electron chi connectivity index (χ2n) is 4.47. The summed E-state index contributed by atoms with van der Waals surface area (Å²) in [5.74, 6) is 0. The van der Waals surface area contributed by atoms with Crippen molar-refractivity contribution < 1.29 is 0 Å². The van der Waals surface area contributed by atoms with Gasteiger partial charge in [-0.2, -0.15) is 0 Å². The van der Waals surface area contributed by atoms with Crippen LogP contribution in [0.3, 0.4) is 0 Å². The first-order valence-electron chi connectivity index (χ1n) is 6.16. The Balaban J connectivity index is 1.64. The average molecular weight is 207 g/mol. The molecule has 0 bridgehead atoms. The zero-order valence-corrected chi connectivity index (χ0v) is 9.34. The van der Waals surface area contributed by atoms with Crippen LogP contribution in [0.25, 0.3) is 0 Å². The molecule has 0 saturated heterocycles. The first-order chi connectivity index (χ1) is 7.45. The topological polar surface area (TPSA) is 40.7 Å². The van der Waals surface area contributed by atoms with Crippen LogP contribution >= 0.6 is 0 Å². The summed E-state index contributed by atoms with van der Waals surface area (Å²) in [6.07, 6.45) is 13.1. The molecule has 0 aliphatic heterocycles. The van der Waals surface area contributed by atoms with Crippen LogP contribution in [-0.4, -0.2) is 22.6 Å². The minimum Gasteiger partial charge on any atom is -0.348 e. The first kappa shape index (κ1) is 10.7. The predicted molar refractivity (Wildman–Crippen MR) is 61.8 cm³/mol. The van der Waals surface area contributed by atoms with Crippen LogP contribution < -0.4 is 5.32 Å². The number of nitrogens with one attached hydrogen (secondary N) is 2. The Bertz CT molecular complexity index is 248. The van der Waals surface area contributed by atoms with Gasteiger partial charge in [-0.15, -0.1) is 0 Å². The molecule has 2 rings (SSSR count). The van der Waals surface area contributed by atoms with Crippen molar-refractivity contribution in [2.45, 2.75) is 51.0 Å². The zero-order chi connectivity index (χ0) is 10.3. The summed E-state index contributed by atoms with van der Waals surface area (Å²) in [5.41, 5.74) is 1.23. The molecule has 84 valence electrons. The maximum Gasteiger partial charge on any atom is 0.0921 e. The van der Waals surface area contributed by atoms with Gasteiger partial charge in [-0.05, 0) is 12.8 Å². The molecule has 0 unspecified atom stereocenters. The van der Waals surface area contributed by atoms with Gasteiger partial charge in [0.1, 0.15) is 0 Å². The lowest BCUT2D eigenvalue weighted by Crippen LogP contribution is -2.30. The standard InChI is InChI=1S/C12H21N3/c1-2-4-6-11(5-3-1)14-8-7-12-9-13-10-15-12/h9-11,14H,1-8H2,(H,13,15). The predicted octanol–water partition coefficient (Wildman–Crippen LogP) is 2.26. The Morgan fingerprint density at radius 1 is 1.27 bits per heavy atom. The number of H-pyrrole nitrogens is 1. The highest BCUT2D eigenvalue weighted by Gasteiger charge is 2.10. The number of hydrogen-bond donors (Lipinski definition) is 2. The van der Waals surface area contributed by atoms with E-state index in [1.54, 1.807) is 6.33 Å². The number of nitrogens with zero attached hydrogens (tertiary/aromatic N) is 1. The van der Waals surface area contributed by atoms with Crippen molar-refractivity contribution in [1.29, 1.82) is 0 Å². The number of rotatable bonds is 4. The van der Waals surface area contributed by atoms with Crippen molar-refractivity contribution in [3.8, 4) is 0 Å². The van der Waals surface area contributed by atoms with Gasteiger partial charge in [0.15, 0.2) is 0 Å². The van der Waals surface area contributed by atoms with Crippen LogP contribution in [0.1, 0.15) is 44.2 Å². The third-order valence-electron chi connectivity index (χ3n) is 3.24. The molecular formula is C12H21N3. The molecule has 1 aliphatic rings. The van der Waals surface area contributed by atoms with Gasteiger partial charge < -0.3 is 10.3 Å². The van der Waals surface area contributed by atoms with Gasteiger partial charge in [-0.1, -0.05) is 25.7 Å². The molecule has 3 nitrogen and oxygen atoms in total. The lowest BCUT2D eigenvalue weighted by Gasteiger charge is -2.15. The largest absolute Gasteiger partial charge is 0.348 e. The fourth-order valence-corrected chi connectivity index (χ4v) is 2.32. The van der Waals surface area contributed by atoms with Crippen molar-refractivity contribution in [1.82, 2.24) is 15.3 Å². The normalized spacial score (nSPS) is 18.9. The Morgan fingerprint density at radius 3 is 2.73 bits per heavy atom. The minimum atomic E-state index is 0.760. The monoisotopic (exact) mass is 207 g/mol. The van der Waals surface area contributed by atoms with Gasteiger partial charge in [-0.25, -0.2) is 4.98 Å². The Morgan fingerprint density at radius 2 is 2.07 bits per heavy atom. The molecule has 1 aromatic rings. The second kappa shape index (κ2) is 5.91. The zero-order valence-electron chi connectivity index (χ0n) is 9.34. The van der Waals surface area contributed by atoms with Gasteiger partial charge >= 0.3 is 0 Å². The van der Waals surface area contributed by atoms with Crippen molar-refractivity contribution in [3.63, 3.8) is 0 Å². The van der Waals surface area contributed by atoms with E-state index in [0.717, 1.165) is 19.0 Å². The smallest absolute Gasteiger partial charge is 0.0921 e. The average Bonchev–Trinajstić information content (AvgIpc) is 2.62. The van der Waals surface area contributed by atoms with E-state index in [9.17, 15) is 0 Å². The number of aromatic nitrogens is 2. The van der Waals surface area contributed by atoms with Gasteiger partial charge in [0, 0.05) is 30.9 Å². The summed E-state index contributed by atoms with van der Waals surface area (Å²) in [4.78, 5) is 7.16. The first-order valence-corrected chi connectivity index (χ1v) is 6.16. The molecule has 1 saturated carbocycles. The molecule has 0 amide bonds. The van der Waals surface area contributed by atoms with Crippen LogP contribution in [0.15, 0.2) is 12.5 Å². The Kier molecular flexibility index (Phi) is 4.21. The molecule has 0 aromatic carbocycles. The second-order valence-corrected chi connectivity index (χ2v) is 4.47. The fourth-order valence-electron chi connectivity index (χ4n) is 2.32. The quantitative estimate of drug-likeness (QED) is 0.744. The number of aromatic amines is 1. The van der Waals surface area contributed by atoms with Crippen LogP contribution in [-0.2, 0) is 6.42 Å². The summed E-state index contributed by atoms with van der Waals surface area (Å²) in [5, 5.41) is 3.65. The van der Waals surface area contributed by atoms with E-state index in [1.807, 2.05) is 6.20 Å².